The zero-order valence-electron chi connectivity index (χ0n) is 9.26. The number of unbranched alkanes of at least 4 members (excludes halogenated alkanes) is 1. The van der Waals surface area contributed by atoms with Gasteiger partial charge in [0, 0.05) is 13.2 Å². The molecule has 1 heterocycles. The van der Waals surface area contributed by atoms with Gasteiger partial charge in [-0.3, -0.25) is 0 Å². The van der Waals surface area contributed by atoms with Crippen molar-refractivity contribution in [3.05, 3.63) is 0 Å². The minimum atomic E-state index is 0.727. The summed E-state index contributed by atoms with van der Waals surface area (Å²) in [5, 5.41) is 3.33. The highest BCUT2D eigenvalue weighted by Crippen LogP contribution is 2.06. The van der Waals surface area contributed by atoms with Crippen LogP contribution in [0.4, 0.5) is 0 Å². The summed E-state index contributed by atoms with van der Waals surface area (Å²) in [6.45, 7) is 7.72. The van der Waals surface area contributed by atoms with Crippen molar-refractivity contribution in [2.75, 3.05) is 39.5 Å². The fraction of sp³-hybridized carbons (Fsp3) is 1.00. The SMILES string of the molecule is CCCCOCCOCC1CCNC1. The minimum Gasteiger partial charge on any atom is -0.379 e. The molecule has 1 aliphatic heterocycles. The Hall–Kier alpha value is -0.120. The normalized spacial score (nSPS) is 21.6. The molecule has 0 aromatic heterocycles. The zero-order valence-corrected chi connectivity index (χ0v) is 9.26. The van der Waals surface area contributed by atoms with Gasteiger partial charge in [-0.2, -0.15) is 0 Å². The third kappa shape index (κ3) is 5.58. The molecule has 0 aromatic rings. The van der Waals surface area contributed by atoms with E-state index in [-0.39, 0.29) is 0 Å². The van der Waals surface area contributed by atoms with Crippen LogP contribution in [0.25, 0.3) is 0 Å². The van der Waals surface area contributed by atoms with E-state index in [0.29, 0.717) is 0 Å². The molecule has 1 N–H and O–H groups in total. The van der Waals surface area contributed by atoms with Crippen molar-refractivity contribution in [2.24, 2.45) is 5.92 Å². The van der Waals surface area contributed by atoms with Gasteiger partial charge in [0.2, 0.25) is 0 Å². The molecule has 0 saturated carbocycles. The van der Waals surface area contributed by atoms with Gasteiger partial charge in [-0.1, -0.05) is 13.3 Å². The molecule has 0 aromatic carbocycles. The summed E-state index contributed by atoms with van der Waals surface area (Å²) in [5.41, 5.74) is 0. The highest BCUT2D eigenvalue weighted by Gasteiger charge is 2.13. The second-order valence-corrected chi connectivity index (χ2v) is 3.90. The topological polar surface area (TPSA) is 30.5 Å². The first-order chi connectivity index (χ1) is 6.93. The van der Waals surface area contributed by atoms with E-state index < -0.39 is 0 Å². The monoisotopic (exact) mass is 201 g/mol. The number of hydrogen-bond donors (Lipinski definition) is 1. The van der Waals surface area contributed by atoms with Gasteiger partial charge in [0.15, 0.2) is 0 Å². The molecule has 1 saturated heterocycles. The maximum absolute atomic E-state index is 5.53. The highest BCUT2D eigenvalue weighted by molar-refractivity contribution is 4.69. The van der Waals surface area contributed by atoms with Crippen molar-refractivity contribution in [2.45, 2.75) is 26.2 Å². The van der Waals surface area contributed by atoms with Crippen LogP contribution in [0, 0.1) is 5.92 Å². The van der Waals surface area contributed by atoms with Gasteiger partial charge in [0.05, 0.1) is 19.8 Å². The van der Waals surface area contributed by atoms with Gasteiger partial charge in [-0.25, -0.2) is 0 Å². The summed E-state index contributed by atoms with van der Waals surface area (Å²) in [6.07, 6.45) is 3.62. The van der Waals surface area contributed by atoms with Crippen LogP contribution >= 0.6 is 0 Å². The predicted octanol–water partition coefficient (Wildman–Crippen LogP) is 1.43. The lowest BCUT2D eigenvalue weighted by Crippen LogP contribution is -2.15. The molecular formula is C11H23NO2. The zero-order chi connectivity index (χ0) is 10.1. The Morgan fingerprint density at radius 1 is 1.21 bits per heavy atom. The summed E-state index contributed by atoms with van der Waals surface area (Å²) >= 11 is 0. The molecule has 0 bridgehead atoms. The number of nitrogens with one attached hydrogen (secondary N) is 1. The van der Waals surface area contributed by atoms with E-state index in [1.165, 1.54) is 12.8 Å². The molecule has 0 spiro atoms. The van der Waals surface area contributed by atoms with Gasteiger partial charge in [0.25, 0.3) is 0 Å². The van der Waals surface area contributed by atoms with Crippen molar-refractivity contribution >= 4 is 0 Å². The first kappa shape index (κ1) is 12.0. The quantitative estimate of drug-likeness (QED) is 0.603. The molecule has 0 amide bonds. The Labute approximate surface area is 87.2 Å². The Kier molecular flexibility index (Phi) is 7.01. The van der Waals surface area contributed by atoms with Crippen molar-refractivity contribution in [3.63, 3.8) is 0 Å². The van der Waals surface area contributed by atoms with Crippen LogP contribution in [-0.4, -0.2) is 39.5 Å². The molecule has 0 radical (unpaired) electrons. The summed E-state index contributed by atoms with van der Waals surface area (Å²) < 4.78 is 10.9. The Morgan fingerprint density at radius 2 is 2.07 bits per heavy atom. The average molecular weight is 201 g/mol. The molecule has 1 atom stereocenters. The molecule has 0 aliphatic carbocycles. The molecule has 1 rings (SSSR count). The highest BCUT2D eigenvalue weighted by atomic mass is 16.5. The standard InChI is InChI=1S/C11H23NO2/c1-2-3-6-13-7-8-14-10-11-4-5-12-9-11/h11-12H,2-10H2,1H3. The van der Waals surface area contributed by atoms with Gasteiger partial charge in [0.1, 0.15) is 0 Å². The van der Waals surface area contributed by atoms with Gasteiger partial charge in [-0.15, -0.1) is 0 Å². The summed E-state index contributed by atoms with van der Waals surface area (Å²) in [6, 6.07) is 0. The maximum atomic E-state index is 5.53. The van der Waals surface area contributed by atoms with Gasteiger partial charge < -0.3 is 14.8 Å². The van der Waals surface area contributed by atoms with E-state index in [9.17, 15) is 0 Å². The van der Waals surface area contributed by atoms with Crippen LogP contribution in [0.5, 0.6) is 0 Å². The molecule has 3 nitrogen and oxygen atoms in total. The summed E-state index contributed by atoms with van der Waals surface area (Å²) in [7, 11) is 0. The van der Waals surface area contributed by atoms with Crippen molar-refractivity contribution < 1.29 is 9.47 Å². The molecule has 1 fully saturated rings. The largest absolute Gasteiger partial charge is 0.379 e. The minimum absolute atomic E-state index is 0.727. The van der Waals surface area contributed by atoms with Gasteiger partial charge >= 0.3 is 0 Å². The number of rotatable bonds is 8. The summed E-state index contributed by atoms with van der Waals surface area (Å²) in [5.74, 6) is 0.727. The molecular weight excluding hydrogens is 178 g/mol. The van der Waals surface area contributed by atoms with Crippen LogP contribution in [0.2, 0.25) is 0 Å². The second-order valence-electron chi connectivity index (χ2n) is 3.90. The average Bonchev–Trinajstić information content (AvgIpc) is 2.69. The number of ether oxygens (including phenoxy) is 2. The van der Waals surface area contributed by atoms with Crippen molar-refractivity contribution in [3.8, 4) is 0 Å². The molecule has 3 heteroatoms. The molecule has 1 aliphatic rings. The fourth-order valence-corrected chi connectivity index (χ4v) is 1.57. The molecule has 14 heavy (non-hydrogen) atoms. The van der Waals surface area contributed by atoms with E-state index in [2.05, 4.69) is 12.2 Å². The van der Waals surface area contributed by atoms with Crippen molar-refractivity contribution in [1.82, 2.24) is 5.32 Å². The fourth-order valence-electron chi connectivity index (χ4n) is 1.57. The number of hydrogen-bond acceptors (Lipinski definition) is 3. The lowest BCUT2D eigenvalue weighted by Gasteiger charge is -2.09. The second kappa shape index (κ2) is 8.21. The van der Waals surface area contributed by atoms with Gasteiger partial charge in [-0.05, 0) is 25.3 Å². The maximum Gasteiger partial charge on any atom is 0.0700 e. The van der Waals surface area contributed by atoms with Crippen molar-refractivity contribution in [1.29, 1.82) is 0 Å². The Balaban J connectivity index is 1.75. The predicted molar refractivity (Wildman–Crippen MR) is 57.5 cm³/mol. The van der Waals surface area contributed by atoms with Crippen LogP contribution in [0.1, 0.15) is 26.2 Å². The van der Waals surface area contributed by atoms with E-state index >= 15 is 0 Å². The van der Waals surface area contributed by atoms with E-state index in [4.69, 9.17) is 9.47 Å². The lowest BCUT2D eigenvalue weighted by molar-refractivity contribution is 0.0350. The molecule has 84 valence electrons. The Bertz CT molecular complexity index is 124. The van der Waals surface area contributed by atoms with Crippen LogP contribution in [0.3, 0.4) is 0 Å². The summed E-state index contributed by atoms with van der Waals surface area (Å²) in [4.78, 5) is 0. The van der Waals surface area contributed by atoms with E-state index in [1.807, 2.05) is 0 Å². The first-order valence-corrected chi connectivity index (χ1v) is 5.79. The third-order valence-electron chi connectivity index (χ3n) is 2.53. The third-order valence-corrected chi connectivity index (χ3v) is 2.53. The lowest BCUT2D eigenvalue weighted by atomic mass is 10.1. The van der Waals surface area contributed by atoms with E-state index in [1.54, 1.807) is 0 Å². The van der Waals surface area contributed by atoms with Crippen LogP contribution < -0.4 is 5.32 Å². The van der Waals surface area contributed by atoms with Crippen LogP contribution in [-0.2, 0) is 9.47 Å². The Morgan fingerprint density at radius 3 is 2.79 bits per heavy atom. The smallest absolute Gasteiger partial charge is 0.0700 e. The van der Waals surface area contributed by atoms with E-state index in [0.717, 1.165) is 51.9 Å². The first-order valence-electron chi connectivity index (χ1n) is 5.79. The molecule has 1 unspecified atom stereocenters. The van der Waals surface area contributed by atoms with Crippen LogP contribution in [0.15, 0.2) is 0 Å².